The zero-order chi connectivity index (χ0) is 18.8. The van der Waals surface area contributed by atoms with Crippen molar-refractivity contribution in [3.8, 4) is 0 Å². The van der Waals surface area contributed by atoms with Crippen LogP contribution in [0, 0.1) is 0 Å². The van der Waals surface area contributed by atoms with E-state index < -0.39 is 0 Å². The van der Waals surface area contributed by atoms with E-state index in [2.05, 4.69) is 4.98 Å². The number of nitrogens with zero attached hydrogens (tertiary/aromatic N) is 2. The average Bonchev–Trinajstić information content (AvgIpc) is 3.03. The van der Waals surface area contributed by atoms with Gasteiger partial charge in [-0.15, -0.1) is 0 Å². The molecule has 1 aromatic heterocycles. The van der Waals surface area contributed by atoms with Gasteiger partial charge in [0.2, 0.25) is 5.78 Å². The predicted octanol–water partition coefficient (Wildman–Crippen LogP) is 7.03. The van der Waals surface area contributed by atoms with Gasteiger partial charge in [-0.25, -0.2) is 4.98 Å². The number of ketones is 1. The minimum atomic E-state index is -0.275. The molecule has 0 aliphatic rings. The summed E-state index contributed by atoms with van der Waals surface area (Å²) in [5, 5.41) is 1.74. The first kappa shape index (κ1) is 19.3. The molecule has 3 aromatic rings. The largest absolute Gasteiger partial charge is 0.301 e. The summed E-state index contributed by atoms with van der Waals surface area (Å²) < 4.78 is 1.50. The summed E-state index contributed by atoms with van der Waals surface area (Å²) in [6, 6.07) is 9.67. The van der Waals surface area contributed by atoms with Crippen LogP contribution in [0.5, 0.6) is 0 Å². The number of hydrogen-bond donors (Lipinski definition) is 0. The highest BCUT2D eigenvalue weighted by atomic mass is 35.5. The van der Waals surface area contributed by atoms with E-state index in [1.165, 1.54) is 23.2 Å². The molecule has 0 aliphatic heterocycles. The van der Waals surface area contributed by atoms with Crippen LogP contribution in [0.2, 0.25) is 25.2 Å². The van der Waals surface area contributed by atoms with E-state index in [-0.39, 0.29) is 26.7 Å². The molecule has 1 heterocycles. The second-order valence-corrected chi connectivity index (χ2v) is 7.31. The molecule has 132 valence electrons. The van der Waals surface area contributed by atoms with Crippen molar-refractivity contribution < 1.29 is 4.79 Å². The van der Waals surface area contributed by atoms with Crippen molar-refractivity contribution in [2.24, 2.45) is 0 Å². The maximum Gasteiger partial charge on any atom is 0.209 e. The Morgan fingerprint density at radius 3 is 2.27 bits per heavy atom. The van der Waals surface area contributed by atoms with Gasteiger partial charge in [-0.1, -0.05) is 58.0 Å². The minimum Gasteiger partial charge on any atom is -0.301 e. The van der Waals surface area contributed by atoms with Gasteiger partial charge in [0, 0.05) is 21.8 Å². The Labute approximate surface area is 174 Å². The van der Waals surface area contributed by atoms with E-state index in [0.717, 1.165) is 0 Å². The van der Waals surface area contributed by atoms with Gasteiger partial charge in [-0.05, 0) is 48.0 Å². The second kappa shape index (κ2) is 8.03. The van der Waals surface area contributed by atoms with Crippen molar-refractivity contribution in [3.63, 3.8) is 0 Å². The van der Waals surface area contributed by atoms with Crippen LogP contribution in [0.15, 0.2) is 48.9 Å². The summed E-state index contributed by atoms with van der Waals surface area (Å²) >= 11 is 30.2. The summed E-state index contributed by atoms with van der Waals surface area (Å²) in [7, 11) is 0. The number of benzene rings is 2. The molecule has 0 N–H and O–H groups in total. The number of aromatic nitrogens is 2. The Balaban J connectivity index is 2.16. The van der Waals surface area contributed by atoms with Gasteiger partial charge in [-0.2, -0.15) is 0 Å². The van der Waals surface area contributed by atoms with Crippen molar-refractivity contribution in [2.75, 3.05) is 0 Å². The standard InChI is InChI=1S/C18H9Cl5N2O/c19-12-3-1-10(2-4-12)18(26)15(25-8-16(22)24-9-25)6-11-5-13(20)7-14(21)17(11)23/h1-9H/b15-6-. The third-order valence-electron chi connectivity index (χ3n) is 3.48. The van der Waals surface area contributed by atoms with E-state index in [4.69, 9.17) is 58.0 Å². The van der Waals surface area contributed by atoms with Crippen LogP contribution in [0.3, 0.4) is 0 Å². The molecule has 0 aliphatic carbocycles. The molecule has 3 rings (SSSR count). The van der Waals surface area contributed by atoms with Gasteiger partial charge in [0.1, 0.15) is 11.5 Å². The molecule has 0 fully saturated rings. The van der Waals surface area contributed by atoms with E-state index in [9.17, 15) is 4.79 Å². The van der Waals surface area contributed by atoms with Crippen LogP contribution >= 0.6 is 58.0 Å². The lowest BCUT2D eigenvalue weighted by atomic mass is 10.1. The van der Waals surface area contributed by atoms with E-state index in [1.54, 1.807) is 36.4 Å². The molecule has 0 saturated carbocycles. The number of hydrogen-bond acceptors (Lipinski definition) is 2. The predicted molar refractivity (Wildman–Crippen MR) is 109 cm³/mol. The SMILES string of the molecule is O=C(/C(=C/c1cc(Cl)cc(Cl)c1Cl)n1cnc(Cl)c1)c1ccc(Cl)cc1. The fraction of sp³-hybridized carbons (Fsp3) is 0. The second-order valence-electron chi connectivity index (χ2n) is 5.26. The number of carbonyl (C=O) groups is 1. The number of allylic oxidation sites excluding steroid dienone is 1. The Hall–Kier alpha value is -1.49. The van der Waals surface area contributed by atoms with Gasteiger partial charge in [-0.3, -0.25) is 4.79 Å². The monoisotopic (exact) mass is 444 g/mol. The van der Waals surface area contributed by atoms with Gasteiger partial charge in [0.25, 0.3) is 0 Å². The molecule has 0 spiro atoms. The van der Waals surface area contributed by atoms with Gasteiger partial charge in [0.15, 0.2) is 0 Å². The first-order valence-electron chi connectivity index (χ1n) is 7.21. The number of rotatable bonds is 4. The summed E-state index contributed by atoms with van der Waals surface area (Å²) in [5.41, 5.74) is 1.20. The summed E-state index contributed by atoms with van der Waals surface area (Å²) in [4.78, 5) is 17.0. The third-order valence-corrected chi connectivity index (χ3v) is 4.96. The Morgan fingerprint density at radius 2 is 1.65 bits per heavy atom. The summed E-state index contributed by atoms with van der Waals surface area (Å²) in [5.74, 6) is -0.275. The van der Waals surface area contributed by atoms with Crippen LogP contribution in [-0.2, 0) is 0 Å². The van der Waals surface area contributed by atoms with Crippen molar-refractivity contribution in [1.29, 1.82) is 0 Å². The maximum absolute atomic E-state index is 13.0. The number of halogens is 5. The average molecular weight is 447 g/mol. The van der Waals surface area contributed by atoms with E-state index >= 15 is 0 Å². The van der Waals surface area contributed by atoms with Crippen LogP contribution in [0.25, 0.3) is 11.8 Å². The molecule has 2 aromatic carbocycles. The lowest BCUT2D eigenvalue weighted by Gasteiger charge is -2.10. The highest BCUT2D eigenvalue weighted by molar-refractivity contribution is 6.44. The molecule has 8 heteroatoms. The normalized spacial score (nSPS) is 11.7. The lowest BCUT2D eigenvalue weighted by molar-refractivity contribution is 0.105. The van der Waals surface area contributed by atoms with Crippen molar-refractivity contribution in [1.82, 2.24) is 9.55 Å². The first-order valence-corrected chi connectivity index (χ1v) is 9.10. The smallest absolute Gasteiger partial charge is 0.209 e. The molecule has 0 radical (unpaired) electrons. The van der Waals surface area contributed by atoms with Crippen LogP contribution in [0.4, 0.5) is 0 Å². The van der Waals surface area contributed by atoms with Crippen LogP contribution < -0.4 is 0 Å². The fourth-order valence-electron chi connectivity index (χ4n) is 2.27. The summed E-state index contributed by atoms with van der Waals surface area (Å²) in [6.45, 7) is 0. The minimum absolute atomic E-state index is 0.245. The zero-order valence-corrected chi connectivity index (χ0v) is 16.7. The van der Waals surface area contributed by atoms with E-state index in [0.29, 0.717) is 21.2 Å². The summed E-state index contributed by atoms with van der Waals surface area (Å²) in [6.07, 6.45) is 4.53. The van der Waals surface area contributed by atoms with E-state index in [1.807, 2.05) is 0 Å². The topological polar surface area (TPSA) is 34.9 Å². The van der Waals surface area contributed by atoms with Crippen molar-refractivity contribution in [2.45, 2.75) is 0 Å². The highest BCUT2D eigenvalue weighted by Gasteiger charge is 2.17. The Morgan fingerprint density at radius 1 is 0.962 bits per heavy atom. The molecule has 0 amide bonds. The quantitative estimate of drug-likeness (QED) is 0.245. The number of carbonyl (C=O) groups excluding carboxylic acids is 1. The molecular weight excluding hydrogens is 437 g/mol. The Kier molecular flexibility index (Phi) is 5.96. The molecule has 0 bridgehead atoms. The first-order chi connectivity index (χ1) is 12.3. The van der Waals surface area contributed by atoms with Gasteiger partial charge < -0.3 is 4.57 Å². The van der Waals surface area contributed by atoms with Crippen molar-refractivity contribution in [3.05, 3.63) is 85.3 Å². The highest BCUT2D eigenvalue weighted by Crippen LogP contribution is 2.32. The fourth-order valence-corrected chi connectivity index (χ4v) is 3.21. The molecule has 26 heavy (non-hydrogen) atoms. The number of imidazole rings is 1. The molecule has 0 atom stereocenters. The number of Topliss-reactive ketones (excluding diaryl/α,β-unsaturated/α-hetero) is 1. The lowest BCUT2D eigenvalue weighted by Crippen LogP contribution is -2.08. The maximum atomic E-state index is 13.0. The van der Waals surface area contributed by atoms with Gasteiger partial charge >= 0.3 is 0 Å². The Bertz CT molecular complexity index is 1010. The van der Waals surface area contributed by atoms with Crippen LogP contribution in [-0.4, -0.2) is 15.3 Å². The molecule has 3 nitrogen and oxygen atoms in total. The van der Waals surface area contributed by atoms with Gasteiger partial charge in [0.05, 0.1) is 15.7 Å². The molecular formula is C18H9Cl5N2O. The molecule has 0 unspecified atom stereocenters. The molecule has 0 saturated heterocycles. The zero-order valence-electron chi connectivity index (χ0n) is 12.9. The third kappa shape index (κ3) is 4.25. The van der Waals surface area contributed by atoms with Crippen molar-refractivity contribution >= 4 is 75.6 Å². The van der Waals surface area contributed by atoms with Crippen LogP contribution in [0.1, 0.15) is 15.9 Å².